The first-order valence-corrected chi connectivity index (χ1v) is 7.91. The van der Waals surface area contributed by atoms with Gasteiger partial charge in [0.2, 0.25) is 0 Å². The molecule has 1 aromatic carbocycles. The largest absolute Gasteiger partial charge is 0.469 e. The Morgan fingerprint density at radius 3 is 1.96 bits per heavy atom. The second-order valence-electron chi connectivity index (χ2n) is 6.86. The van der Waals surface area contributed by atoms with Crippen LogP contribution in [-0.4, -0.2) is 36.2 Å². The number of carbonyl (C=O) groups is 4. The minimum Gasteiger partial charge on any atom is -0.469 e. The molecule has 0 spiro atoms. The monoisotopic (exact) mass is 348 g/mol. The van der Waals surface area contributed by atoms with Crippen molar-refractivity contribution in [3.63, 3.8) is 0 Å². The van der Waals surface area contributed by atoms with Crippen LogP contribution in [0.25, 0.3) is 0 Å². The summed E-state index contributed by atoms with van der Waals surface area (Å²) in [6, 6.07) is 8.27. The molecule has 0 bridgehead atoms. The van der Waals surface area contributed by atoms with Crippen molar-refractivity contribution in [2.45, 2.75) is 46.1 Å². The predicted molar refractivity (Wildman–Crippen MR) is 91.0 cm³/mol. The molecule has 1 rings (SSSR count). The molecule has 0 aliphatic carbocycles. The fourth-order valence-corrected chi connectivity index (χ4v) is 2.29. The molecule has 1 atom stereocenters. The Kier molecular flexibility index (Phi) is 6.62. The number of rotatable bonds is 7. The van der Waals surface area contributed by atoms with Crippen LogP contribution in [0, 0.1) is 5.41 Å². The van der Waals surface area contributed by atoms with Gasteiger partial charge in [-0.25, -0.2) is 0 Å². The smallest absolute Gasteiger partial charge is 0.321 e. The summed E-state index contributed by atoms with van der Waals surface area (Å²) < 4.78 is 9.94. The number of carbonyl (C=O) groups excluding carboxylic acids is 4. The van der Waals surface area contributed by atoms with Gasteiger partial charge in [0.25, 0.3) is 0 Å². The molecule has 0 unspecified atom stereocenters. The summed E-state index contributed by atoms with van der Waals surface area (Å²) >= 11 is 0. The standard InChI is InChI=1S/C19H24O6/c1-13(20)19(12-16(22)24-5,17(23)25-18(2,3)4)11-15(21)14-9-7-6-8-10-14/h6-10H,11-12H2,1-5H3/t19-/m0/s1. The summed E-state index contributed by atoms with van der Waals surface area (Å²) in [5, 5.41) is 0. The van der Waals surface area contributed by atoms with Crippen LogP contribution in [0.4, 0.5) is 0 Å². The lowest BCUT2D eigenvalue weighted by Gasteiger charge is -2.31. The van der Waals surface area contributed by atoms with Crippen LogP contribution in [-0.2, 0) is 23.9 Å². The minimum absolute atomic E-state index is 0.349. The highest BCUT2D eigenvalue weighted by Gasteiger charge is 2.49. The molecule has 6 nitrogen and oxygen atoms in total. The number of ketones is 2. The van der Waals surface area contributed by atoms with Crippen LogP contribution in [0.1, 0.15) is 50.9 Å². The van der Waals surface area contributed by atoms with Gasteiger partial charge in [-0.1, -0.05) is 30.3 Å². The number of benzene rings is 1. The van der Waals surface area contributed by atoms with E-state index in [1.165, 1.54) is 6.92 Å². The van der Waals surface area contributed by atoms with Crippen molar-refractivity contribution >= 4 is 23.5 Å². The Bertz CT molecular complexity index is 656. The maximum absolute atomic E-state index is 12.7. The summed E-state index contributed by atoms with van der Waals surface area (Å²) in [5.41, 5.74) is -2.43. The molecule has 0 N–H and O–H groups in total. The maximum Gasteiger partial charge on any atom is 0.321 e. The number of Topliss-reactive ketones (excluding diaryl/α,β-unsaturated/α-hetero) is 2. The predicted octanol–water partition coefficient (Wildman–Crippen LogP) is 2.74. The quantitative estimate of drug-likeness (QED) is 0.428. The molecule has 1 aromatic rings. The Morgan fingerprint density at radius 2 is 1.52 bits per heavy atom. The highest BCUT2D eigenvalue weighted by atomic mass is 16.6. The first-order chi connectivity index (χ1) is 11.5. The van der Waals surface area contributed by atoms with Gasteiger partial charge in [0.05, 0.1) is 13.5 Å². The van der Waals surface area contributed by atoms with Gasteiger partial charge in [0.1, 0.15) is 16.8 Å². The SMILES string of the molecule is COC(=O)C[C@@](CC(=O)c1ccccc1)(C(C)=O)C(=O)OC(C)(C)C. The summed E-state index contributed by atoms with van der Waals surface area (Å²) in [6.07, 6.45) is -1.01. The van der Waals surface area contributed by atoms with Crippen LogP contribution in [0.3, 0.4) is 0 Å². The van der Waals surface area contributed by atoms with Crippen molar-refractivity contribution in [1.82, 2.24) is 0 Å². The van der Waals surface area contributed by atoms with Crippen molar-refractivity contribution in [1.29, 1.82) is 0 Å². The van der Waals surface area contributed by atoms with E-state index in [1.807, 2.05) is 0 Å². The fourth-order valence-electron chi connectivity index (χ4n) is 2.29. The fraction of sp³-hybridized carbons (Fsp3) is 0.474. The molecule has 0 aliphatic rings. The third-order valence-electron chi connectivity index (χ3n) is 3.70. The van der Waals surface area contributed by atoms with E-state index in [4.69, 9.17) is 4.74 Å². The zero-order chi connectivity index (χ0) is 19.3. The average molecular weight is 348 g/mol. The maximum atomic E-state index is 12.7. The Hall–Kier alpha value is -2.50. The molecule has 136 valence electrons. The third kappa shape index (κ3) is 5.52. The molecule has 0 aromatic heterocycles. The molecular formula is C19H24O6. The topological polar surface area (TPSA) is 86.7 Å². The van der Waals surface area contributed by atoms with Gasteiger partial charge in [-0.15, -0.1) is 0 Å². The summed E-state index contributed by atoms with van der Waals surface area (Å²) in [6.45, 7) is 6.11. The van der Waals surface area contributed by atoms with Crippen LogP contribution in [0.5, 0.6) is 0 Å². The third-order valence-corrected chi connectivity index (χ3v) is 3.70. The molecule has 0 radical (unpaired) electrons. The first kappa shape index (κ1) is 20.5. The molecule has 0 saturated carbocycles. The number of hydrogen-bond donors (Lipinski definition) is 0. The number of hydrogen-bond acceptors (Lipinski definition) is 6. The summed E-state index contributed by atoms with van der Waals surface area (Å²) in [4.78, 5) is 49.5. The molecule has 0 heterocycles. The van der Waals surface area contributed by atoms with E-state index < -0.39 is 47.4 Å². The Balaban J connectivity index is 3.28. The molecule has 0 saturated heterocycles. The van der Waals surface area contributed by atoms with Crippen molar-refractivity contribution in [2.75, 3.05) is 7.11 Å². The van der Waals surface area contributed by atoms with E-state index >= 15 is 0 Å². The zero-order valence-corrected chi connectivity index (χ0v) is 15.3. The molecule has 0 aliphatic heterocycles. The van der Waals surface area contributed by atoms with E-state index in [9.17, 15) is 19.2 Å². The normalized spacial score (nSPS) is 13.5. The lowest BCUT2D eigenvalue weighted by atomic mass is 9.75. The van der Waals surface area contributed by atoms with E-state index in [0.29, 0.717) is 5.56 Å². The van der Waals surface area contributed by atoms with Crippen LogP contribution >= 0.6 is 0 Å². The zero-order valence-electron chi connectivity index (χ0n) is 15.3. The van der Waals surface area contributed by atoms with Gasteiger partial charge in [-0.05, 0) is 27.7 Å². The van der Waals surface area contributed by atoms with Gasteiger partial charge >= 0.3 is 11.9 Å². The molecular weight excluding hydrogens is 324 g/mol. The van der Waals surface area contributed by atoms with Gasteiger partial charge in [0.15, 0.2) is 5.78 Å². The van der Waals surface area contributed by atoms with Gasteiger partial charge in [-0.3, -0.25) is 19.2 Å². The van der Waals surface area contributed by atoms with Crippen LogP contribution in [0.15, 0.2) is 30.3 Å². The van der Waals surface area contributed by atoms with E-state index in [-0.39, 0.29) is 0 Å². The van der Waals surface area contributed by atoms with E-state index in [2.05, 4.69) is 4.74 Å². The number of methoxy groups -OCH3 is 1. The highest BCUT2D eigenvalue weighted by molar-refractivity contribution is 6.11. The number of esters is 2. The molecule has 0 amide bonds. The Labute approximate surface area is 147 Å². The average Bonchev–Trinajstić information content (AvgIpc) is 2.52. The molecule has 25 heavy (non-hydrogen) atoms. The first-order valence-electron chi connectivity index (χ1n) is 7.91. The highest BCUT2D eigenvalue weighted by Crippen LogP contribution is 2.34. The van der Waals surface area contributed by atoms with Crippen LogP contribution in [0.2, 0.25) is 0 Å². The van der Waals surface area contributed by atoms with Gasteiger partial charge < -0.3 is 9.47 Å². The van der Waals surface area contributed by atoms with Crippen LogP contribution < -0.4 is 0 Å². The van der Waals surface area contributed by atoms with E-state index in [1.54, 1.807) is 51.1 Å². The van der Waals surface area contributed by atoms with Gasteiger partial charge in [-0.2, -0.15) is 0 Å². The second kappa shape index (κ2) is 8.05. The summed E-state index contributed by atoms with van der Waals surface area (Å²) in [7, 11) is 1.15. The van der Waals surface area contributed by atoms with Crippen molar-refractivity contribution in [3.8, 4) is 0 Å². The molecule has 6 heteroatoms. The molecule has 0 fully saturated rings. The Morgan fingerprint density at radius 1 is 0.960 bits per heavy atom. The number of ether oxygens (including phenoxy) is 2. The van der Waals surface area contributed by atoms with Crippen molar-refractivity contribution in [3.05, 3.63) is 35.9 Å². The summed E-state index contributed by atoms with van der Waals surface area (Å²) in [5.74, 6) is -2.70. The van der Waals surface area contributed by atoms with Crippen molar-refractivity contribution in [2.24, 2.45) is 5.41 Å². The van der Waals surface area contributed by atoms with E-state index in [0.717, 1.165) is 7.11 Å². The lowest BCUT2D eigenvalue weighted by molar-refractivity contribution is -0.174. The minimum atomic E-state index is -1.91. The lowest BCUT2D eigenvalue weighted by Crippen LogP contribution is -2.45. The second-order valence-corrected chi connectivity index (χ2v) is 6.86. The van der Waals surface area contributed by atoms with Crippen molar-refractivity contribution < 1.29 is 28.7 Å². The van der Waals surface area contributed by atoms with Gasteiger partial charge in [0, 0.05) is 12.0 Å².